The highest BCUT2D eigenvalue weighted by molar-refractivity contribution is 5.91. The second-order valence-corrected chi connectivity index (χ2v) is 18.0. The van der Waals surface area contributed by atoms with Gasteiger partial charge in [0.15, 0.2) is 0 Å². The van der Waals surface area contributed by atoms with Crippen molar-refractivity contribution in [3.63, 3.8) is 0 Å². The van der Waals surface area contributed by atoms with Crippen molar-refractivity contribution in [1.82, 2.24) is 40.4 Å². The second-order valence-electron chi connectivity index (χ2n) is 18.0. The van der Waals surface area contributed by atoms with Gasteiger partial charge in [0.2, 0.25) is 11.8 Å². The van der Waals surface area contributed by atoms with Gasteiger partial charge >= 0.3 is 12.2 Å². The zero-order chi connectivity index (χ0) is 43.7. The predicted molar refractivity (Wildman–Crippen MR) is 237 cm³/mol. The summed E-state index contributed by atoms with van der Waals surface area (Å²) in [5.41, 5.74) is 5.61. The highest BCUT2D eigenvalue weighted by atomic mass is 16.5. The quantitative estimate of drug-likeness (QED) is 0.108. The number of aromatic nitrogens is 4. The zero-order valence-electron chi connectivity index (χ0n) is 36.5. The third kappa shape index (κ3) is 8.64. The summed E-state index contributed by atoms with van der Waals surface area (Å²) in [7, 11) is 2.61. The third-order valence-electron chi connectivity index (χ3n) is 13.5. The maximum atomic E-state index is 14.3. The number of aromatic amines is 2. The number of rotatable bonds is 10. The van der Waals surface area contributed by atoms with Gasteiger partial charge in [-0.3, -0.25) is 9.59 Å². The van der Waals surface area contributed by atoms with Gasteiger partial charge in [-0.05, 0) is 102 Å². The normalized spacial score (nSPS) is 22.0. The molecule has 2 saturated heterocycles. The zero-order valence-corrected chi connectivity index (χ0v) is 36.5. The minimum Gasteiger partial charge on any atom is -0.453 e. The van der Waals surface area contributed by atoms with Gasteiger partial charge in [-0.1, -0.05) is 75.7 Å². The molecule has 4 heterocycles. The van der Waals surface area contributed by atoms with Gasteiger partial charge in [-0.2, -0.15) is 0 Å². The molecule has 1 saturated carbocycles. The van der Waals surface area contributed by atoms with Crippen LogP contribution in [0.4, 0.5) is 9.59 Å². The van der Waals surface area contributed by atoms with Crippen LogP contribution in [0.2, 0.25) is 0 Å². The van der Waals surface area contributed by atoms with Crippen LogP contribution in [-0.4, -0.2) is 93.1 Å². The van der Waals surface area contributed by atoms with Crippen LogP contribution in [0.3, 0.4) is 0 Å². The van der Waals surface area contributed by atoms with E-state index in [9.17, 15) is 19.2 Å². The van der Waals surface area contributed by atoms with Crippen LogP contribution in [0.5, 0.6) is 0 Å². The largest absolute Gasteiger partial charge is 0.453 e. The molecule has 3 aliphatic rings. The highest BCUT2D eigenvalue weighted by Gasteiger charge is 2.48. The van der Waals surface area contributed by atoms with E-state index in [0.717, 1.165) is 101 Å². The van der Waals surface area contributed by atoms with E-state index in [4.69, 9.17) is 19.4 Å². The number of hydrogen-bond donors (Lipinski definition) is 4. The van der Waals surface area contributed by atoms with Gasteiger partial charge < -0.3 is 39.9 Å². The first kappa shape index (κ1) is 42.5. The molecule has 2 aromatic heterocycles. The van der Waals surface area contributed by atoms with E-state index in [-0.39, 0.29) is 29.3 Å². The maximum Gasteiger partial charge on any atom is 0.407 e. The average molecular weight is 843 g/mol. The van der Waals surface area contributed by atoms with Crippen LogP contribution in [0, 0.1) is 17.3 Å². The monoisotopic (exact) mass is 842 g/mol. The Morgan fingerprint density at radius 1 is 0.677 bits per heavy atom. The Labute approximate surface area is 362 Å². The van der Waals surface area contributed by atoms with Crippen LogP contribution in [0.25, 0.3) is 44.4 Å². The van der Waals surface area contributed by atoms with E-state index < -0.39 is 24.3 Å². The van der Waals surface area contributed by atoms with Crippen molar-refractivity contribution in [1.29, 1.82) is 0 Å². The lowest BCUT2D eigenvalue weighted by Gasteiger charge is -2.47. The SMILES string of the molecule is COC(=O)NC(C)C(=O)N1CC(C)CCC1c1ncc(-c2ccc(-c3ccc4cc(-c5cnc(C6CCC(C)CN6C(=O)C(NC(=O)OC)C6(C)CCC6)[nH]5)ccc4c3)cc2)[nH]1. The topological polar surface area (TPSA) is 175 Å². The molecule has 4 amide bonds. The van der Waals surface area contributed by atoms with Gasteiger partial charge in [-0.15, -0.1) is 0 Å². The summed E-state index contributed by atoms with van der Waals surface area (Å²) in [5.74, 6) is 1.91. The molecule has 14 heteroatoms. The van der Waals surface area contributed by atoms with Crippen molar-refractivity contribution in [2.24, 2.45) is 17.3 Å². The Kier molecular flexibility index (Phi) is 12.1. The van der Waals surface area contributed by atoms with Crippen LogP contribution in [0.15, 0.2) is 73.1 Å². The third-order valence-corrected chi connectivity index (χ3v) is 13.5. The van der Waals surface area contributed by atoms with Crippen LogP contribution >= 0.6 is 0 Å². The molecule has 14 nitrogen and oxygen atoms in total. The number of fused-ring (bicyclic) bond motifs is 1. The Bertz CT molecular complexity index is 2440. The van der Waals surface area contributed by atoms with Gasteiger partial charge in [0, 0.05) is 18.7 Å². The highest BCUT2D eigenvalue weighted by Crippen LogP contribution is 2.45. The van der Waals surface area contributed by atoms with Gasteiger partial charge in [-0.25, -0.2) is 19.6 Å². The van der Waals surface area contributed by atoms with E-state index in [1.54, 1.807) is 6.92 Å². The molecule has 326 valence electrons. The molecule has 6 atom stereocenters. The number of hydrogen-bond acceptors (Lipinski definition) is 8. The van der Waals surface area contributed by atoms with Crippen LogP contribution in [-0.2, 0) is 19.1 Å². The number of nitrogens with zero attached hydrogens (tertiary/aromatic N) is 4. The summed E-state index contributed by atoms with van der Waals surface area (Å²) >= 11 is 0. The van der Waals surface area contributed by atoms with Gasteiger partial charge in [0.1, 0.15) is 23.7 Å². The lowest BCUT2D eigenvalue weighted by atomic mass is 9.65. The lowest BCUT2D eigenvalue weighted by Crippen LogP contribution is -2.60. The summed E-state index contributed by atoms with van der Waals surface area (Å²) in [6.07, 6.45) is 8.74. The van der Waals surface area contributed by atoms with Gasteiger partial charge in [0.25, 0.3) is 0 Å². The van der Waals surface area contributed by atoms with Crippen molar-refractivity contribution in [3.8, 4) is 33.6 Å². The molecule has 3 aromatic carbocycles. The summed E-state index contributed by atoms with van der Waals surface area (Å²) < 4.78 is 9.63. The Hall–Kier alpha value is -6.18. The Morgan fingerprint density at radius 2 is 1.16 bits per heavy atom. The van der Waals surface area contributed by atoms with Crippen LogP contribution < -0.4 is 10.6 Å². The number of carbonyl (C=O) groups is 4. The molecule has 2 aliphatic heterocycles. The van der Waals surface area contributed by atoms with Gasteiger partial charge in [0.05, 0.1) is 50.1 Å². The molecule has 6 unspecified atom stereocenters. The number of nitrogens with one attached hydrogen (secondary N) is 4. The fourth-order valence-electron chi connectivity index (χ4n) is 9.55. The molecule has 62 heavy (non-hydrogen) atoms. The number of amides is 4. The lowest BCUT2D eigenvalue weighted by molar-refractivity contribution is -0.144. The minimum absolute atomic E-state index is 0.0764. The minimum atomic E-state index is -0.722. The fraction of sp³-hybridized carbons (Fsp3) is 0.458. The number of imidazole rings is 2. The molecule has 0 radical (unpaired) electrons. The Morgan fingerprint density at radius 3 is 1.71 bits per heavy atom. The molecule has 1 aliphatic carbocycles. The van der Waals surface area contributed by atoms with E-state index in [1.165, 1.54) is 14.2 Å². The first-order valence-corrected chi connectivity index (χ1v) is 21.9. The predicted octanol–water partition coefficient (Wildman–Crippen LogP) is 8.55. The standard InChI is InChI=1S/C48H58N8O6/c1-28-8-18-39(55(26-28)44(57)30(3)51-46(59)61-5)42-49-24-37(52-42)32-12-10-31(11-13-32)33-14-15-35-23-36(17-16-34(35)22-33)38-25-50-43(53-38)40-19-9-29(2)27-56(40)45(58)41(54-47(60)62-6)48(4)20-7-21-48/h10-17,22-25,28-30,39-41H,7-9,18-21,26-27H2,1-6H3,(H,49,52)(H,50,53)(H,51,59)(H,54,60). The van der Waals surface area contributed by atoms with Crippen molar-refractivity contribution in [3.05, 3.63) is 84.7 Å². The first-order chi connectivity index (χ1) is 29.8. The van der Waals surface area contributed by atoms with Crippen molar-refractivity contribution in [2.45, 2.75) is 96.8 Å². The number of alkyl carbamates (subject to hydrolysis) is 2. The van der Waals surface area contributed by atoms with Crippen molar-refractivity contribution >= 4 is 34.8 Å². The molecule has 5 aromatic rings. The fourth-order valence-corrected chi connectivity index (χ4v) is 9.55. The van der Waals surface area contributed by atoms with E-state index in [1.807, 2.05) is 22.2 Å². The molecule has 8 rings (SSSR count). The maximum absolute atomic E-state index is 14.3. The molecule has 3 fully saturated rings. The smallest absolute Gasteiger partial charge is 0.407 e. The molecule has 4 N–H and O–H groups in total. The van der Waals surface area contributed by atoms with E-state index in [2.05, 4.69) is 102 Å². The van der Waals surface area contributed by atoms with E-state index in [0.29, 0.717) is 24.9 Å². The number of H-pyrrole nitrogens is 2. The molecular formula is C48H58N8O6. The number of likely N-dealkylation sites (tertiary alicyclic amines) is 2. The average Bonchev–Trinajstić information content (AvgIpc) is 3.98. The van der Waals surface area contributed by atoms with Crippen molar-refractivity contribution < 1.29 is 28.7 Å². The van der Waals surface area contributed by atoms with Crippen LogP contribution in [0.1, 0.15) is 96.4 Å². The van der Waals surface area contributed by atoms with Crippen molar-refractivity contribution in [2.75, 3.05) is 27.3 Å². The number of methoxy groups -OCH3 is 2. The second kappa shape index (κ2) is 17.7. The number of benzene rings is 3. The summed E-state index contributed by atoms with van der Waals surface area (Å²) in [5, 5.41) is 7.69. The Balaban J connectivity index is 0.959. The number of ether oxygens (including phenoxy) is 2. The first-order valence-electron chi connectivity index (χ1n) is 21.9. The summed E-state index contributed by atoms with van der Waals surface area (Å²) in [4.78, 5) is 72.3. The molecule has 0 spiro atoms. The molecular weight excluding hydrogens is 785 g/mol. The molecule has 0 bridgehead atoms. The number of piperidine rings is 2. The summed E-state index contributed by atoms with van der Waals surface area (Å²) in [6.45, 7) is 9.23. The number of carbonyl (C=O) groups excluding carboxylic acids is 4. The summed E-state index contributed by atoms with van der Waals surface area (Å²) in [6, 6.07) is 19.4. The van der Waals surface area contributed by atoms with E-state index >= 15 is 0 Å².